The van der Waals surface area contributed by atoms with Crippen LogP contribution in [0.5, 0.6) is 11.5 Å². The van der Waals surface area contributed by atoms with Crippen LogP contribution in [-0.4, -0.2) is 37.5 Å². The van der Waals surface area contributed by atoms with Crippen molar-refractivity contribution < 1.29 is 19.1 Å². The van der Waals surface area contributed by atoms with Gasteiger partial charge in [0.25, 0.3) is 5.91 Å². The topological polar surface area (TPSA) is 55.8 Å². The fourth-order valence-corrected chi connectivity index (χ4v) is 4.14. The largest absolute Gasteiger partial charge is 0.493 e. The maximum absolute atomic E-state index is 13.0. The Balaban J connectivity index is 1.89. The number of imide groups is 1. The Hall–Kier alpha value is -2.09. The molecule has 0 aliphatic carbocycles. The van der Waals surface area contributed by atoms with Crippen LogP contribution in [0.15, 0.2) is 36.4 Å². The van der Waals surface area contributed by atoms with Crippen LogP contribution in [0.1, 0.15) is 35.3 Å². The minimum absolute atomic E-state index is 0.165. The SMILES string of the molecule is COc1cc(I)c(CCN2C(=O)c3ccccc3C(C)(C)C2=O)cc1OC. The molecule has 5 nitrogen and oxygen atoms in total. The van der Waals surface area contributed by atoms with Gasteiger partial charge >= 0.3 is 0 Å². The maximum atomic E-state index is 13.0. The summed E-state index contributed by atoms with van der Waals surface area (Å²) < 4.78 is 11.7. The Labute approximate surface area is 172 Å². The van der Waals surface area contributed by atoms with Crippen molar-refractivity contribution >= 4 is 34.4 Å². The van der Waals surface area contributed by atoms with E-state index in [-0.39, 0.29) is 11.8 Å². The molecule has 1 aliphatic heterocycles. The van der Waals surface area contributed by atoms with Crippen LogP contribution < -0.4 is 9.47 Å². The first-order valence-corrected chi connectivity index (χ1v) is 9.75. The molecule has 0 fully saturated rings. The molecule has 2 amide bonds. The number of hydrogen-bond donors (Lipinski definition) is 0. The van der Waals surface area contributed by atoms with Crippen molar-refractivity contribution in [1.82, 2.24) is 4.90 Å². The lowest BCUT2D eigenvalue weighted by Crippen LogP contribution is -2.52. The van der Waals surface area contributed by atoms with Gasteiger partial charge in [0, 0.05) is 15.7 Å². The predicted octanol–water partition coefficient (Wildman–Crippen LogP) is 3.81. The number of fused-ring (bicyclic) bond motifs is 1. The van der Waals surface area contributed by atoms with Crippen LogP contribution in [0.25, 0.3) is 0 Å². The van der Waals surface area contributed by atoms with Crippen LogP contribution in [0.4, 0.5) is 0 Å². The molecule has 0 aromatic heterocycles. The number of rotatable bonds is 5. The molecule has 0 saturated carbocycles. The van der Waals surface area contributed by atoms with Crippen LogP contribution in [-0.2, 0) is 16.6 Å². The molecular weight excluding hydrogens is 457 g/mol. The molecule has 0 N–H and O–H groups in total. The van der Waals surface area contributed by atoms with E-state index in [2.05, 4.69) is 22.6 Å². The Kier molecular flexibility index (Phi) is 5.46. The fraction of sp³-hybridized carbons (Fsp3) is 0.333. The first kappa shape index (κ1) is 19.7. The second-order valence-electron chi connectivity index (χ2n) is 6.98. The second-order valence-corrected chi connectivity index (χ2v) is 8.14. The minimum Gasteiger partial charge on any atom is -0.493 e. The van der Waals surface area contributed by atoms with E-state index in [1.165, 1.54) is 4.90 Å². The third-order valence-electron chi connectivity index (χ3n) is 5.01. The Morgan fingerprint density at radius 3 is 2.33 bits per heavy atom. The van der Waals surface area contributed by atoms with Crippen molar-refractivity contribution in [3.05, 3.63) is 56.7 Å². The Morgan fingerprint density at radius 1 is 1.04 bits per heavy atom. The molecule has 0 saturated heterocycles. The van der Waals surface area contributed by atoms with Crippen LogP contribution in [0.3, 0.4) is 0 Å². The molecule has 0 atom stereocenters. The highest BCUT2D eigenvalue weighted by atomic mass is 127. The standard InChI is InChI=1S/C21H22INO4/c1-21(2)15-8-6-5-7-14(15)19(24)23(20(21)25)10-9-13-11-17(26-3)18(27-4)12-16(13)22/h5-8,11-12H,9-10H2,1-4H3. The van der Waals surface area contributed by atoms with Crippen LogP contribution in [0, 0.1) is 3.57 Å². The van der Waals surface area contributed by atoms with E-state index in [0.717, 1.165) is 14.7 Å². The Morgan fingerprint density at radius 2 is 1.67 bits per heavy atom. The number of nitrogens with zero attached hydrogens (tertiary/aromatic N) is 1. The van der Waals surface area contributed by atoms with Gasteiger partial charge in [0.2, 0.25) is 5.91 Å². The van der Waals surface area contributed by atoms with Gasteiger partial charge in [-0.15, -0.1) is 0 Å². The molecule has 1 aliphatic rings. The van der Waals surface area contributed by atoms with Gasteiger partial charge in [-0.3, -0.25) is 14.5 Å². The van der Waals surface area contributed by atoms with E-state index in [1.807, 2.05) is 44.2 Å². The molecule has 3 rings (SSSR count). The van der Waals surface area contributed by atoms with Gasteiger partial charge in [-0.1, -0.05) is 18.2 Å². The number of carbonyl (C=O) groups excluding carboxylic acids is 2. The van der Waals surface area contributed by atoms with Crippen LogP contribution >= 0.6 is 22.6 Å². The number of amides is 2. The number of hydrogen-bond acceptors (Lipinski definition) is 4. The van der Waals surface area contributed by atoms with E-state index in [1.54, 1.807) is 20.3 Å². The highest BCUT2D eigenvalue weighted by molar-refractivity contribution is 14.1. The van der Waals surface area contributed by atoms with Gasteiger partial charge < -0.3 is 9.47 Å². The summed E-state index contributed by atoms with van der Waals surface area (Å²) in [6.45, 7) is 4.06. The summed E-state index contributed by atoms with van der Waals surface area (Å²) in [5.74, 6) is 0.896. The van der Waals surface area contributed by atoms with Gasteiger partial charge in [0.05, 0.1) is 19.6 Å². The normalized spacial score (nSPS) is 15.5. The number of methoxy groups -OCH3 is 2. The van der Waals surface area contributed by atoms with Crippen molar-refractivity contribution in [2.75, 3.05) is 20.8 Å². The molecule has 1 heterocycles. The molecule has 27 heavy (non-hydrogen) atoms. The lowest BCUT2D eigenvalue weighted by atomic mass is 9.77. The van der Waals surface area contributed by atoms with Gasteiger partial charge in [-0.05, 0) is 72.2 Å². The lowest BCUT2D eigenvalue weighted by Gasteiger charge is -2.37. The molecule has 0 bridgehead atoms. The fourth-order valence-electron chi connectivity index (χ4n) is 3.43. The third kappa shape index (κ3) is 3.42. The summed E-state index contributed by atoms with van der Waals surface area (Å²) in [6.07, 6.45) is 0.550. The number of halogens is 1. The van der Waals surface area contributed by atoms with Crippen molar-refractivity contribution in [3.63, 3.8) is 0 Å². The van der Waals surface area contributed by atoms with Crippen molar-refractivity contribution in [3.8, 4) is 11.5 Å². The molecule has 142 valence electrons. The highest BCUT2D eigenvalue weighted by Gasteiger charge is 2.43. The monoisotopic (exact) mass is 479 g/mol. The quantitative estimate of drug-likeness (QED) is 0.484. The zero-order valence-corrected chi connectivity index (χ0v) is 18.0. The predicted molar refractivity (Wildman–Crippen MR) is 111 cm³/mol. The summed E-state index contributed by atoms with van der Waals surface area (Å²) >= 11 is 2.23. The molecular formula is C21H22INO4. The van der Waals surface area contributed by atoms with E-state index in [0.29, 0.717) is 30.0 Å². The number of carbonyl (C=O) groups is 2. The first-order chi connectivity index (χ1) is 12.8. The van der Waals surface area contributed by atoms with E-state index >= 15 is 0 Å². The van der Waals surface area contributed by atoms with E-state index < -0.39 is 5.41 Å². The van der Waals surface area contributed by atoms with Crippen molar-refractivity contribution in [1.29, 1.82) is 0 Å². The summed E-state index contributed by atoms with van der Waals surface area (Å²) in [4.78, 5) is 27.3. The molecule has 0 spiro atoms. The van der Waals surface area contributed by atoms with Gasteiger partial charge in [-0.25, -0.2) is 0 Å². The van der Waals surface area contributed by atoms with Crippen molar-refractivity contribution in [2.45, 2.75) is 25.7 Å². The van der Waals surface area contributed by atoms with Gasteiger partial charge in [0.15, 0.2) is 11.5 Å². The number of ether oxygens (including phenoxy) is 2. The minimum atomic E-state index is -0.727. The Bertz CT molecular complexity index is 907. The summed E-state index contributed by atoms with van der Waals surface area (Å²) in [5.41, 5.74) is 1.67. The molecule has 6 heteroatoms. The van der Waals surface area contributed by atoms with E-state index in [4.69, 9.17) is 9.47 Å². The zero-order valence-electron chi connectivity index (χ0n) is 15.8. The van der Waals surface area contributed by atoms with Crippen molar-refractivity contribution in [2.24, 2.45) is 0 Å². The smallest absolute Gasteiger partial charge is 0.260 e. The maximum Gasteiger partial charge on any atom is 0.260 e. The van der Waals surface area contributed by atoms with Gasteiger partial charge in [0.1, 0.15) is 0 Å². The molecule has 2 aromatic carbocycles. The average molecular weight is 479 g/mol. The summed E-state index contributed by atoms with van der Waals surface area (Å²) in [5, 5.41) is 0. The average Bonchev–Trinajstić information content (AvgIpc) is 2.67. The molecule has 2 aromatic rings. The van der Waals surface area contributed by atoms with Crippen LogP contribution in [0.2, 0.25) is 0 Å². The third-order valence-corrected chi connectivity index (χ3v) is 6.02. The second kappa shape index (κ2) is 7.50. The van der Waals surface area contributed by atoms with E-state index in [9.17, 15) is 9.59 Å². The number of benzene rings is 2. The lowest BCUT2D eigenvalue weighted by molar-refractivity contribution is -0.134. The van der Waals surface area contributed by atoms with Gasteiger partial charge in [-0.2, -0.15) is 0 Å². The zero-order chi connectivity index (χ0) is 19.8. The highest BCUT2D eigenvalue weighted by Crippen LogP contribution is 2.35. The molecule has 0 radical (unpaired) electrons. The molecule has 0 unspecified atom stereocenters. The first-order valence-electron chi connectivity index (χ1n) is 8.67. The summed E-state index contributed by atoms with van der Waals surface area (Å²) in [7, 11) is 3.18. The summed E-state index contributed by atoms with van der Waals surface area (Å²) in [6, 6.07) is 11.1.